The average Bonchev–Trinajstić information content (AvgIpc) is 4.11. The molecule has 1 saturated carbocycles. The summed E-state index contributed by atoms with van der Waals surface area (Å²) in [5, 5.41) is 0. The van der Waals surface area contributed by atoms with E-state index in [0.717, 1.165) is 23.5 Å². The van der Waals surface area contributed by atoms with E-state index < -0.39 is 0 Å². The van der Waals surface area contributed by atoms with Gasteiger partial charge in [0.2, 0.25) is 0 Å². The zero-order chi connectivity index (χ0) is 42.0. The maximum absolute atomic E-state index is 2.58. The number of allylic oxidation sites excluding steroid dienone is 2. The Morgan fingerprint density at radius 3 is 1.19 bits per heavy atom. The number of rotatable bonds is 11. The third-order valence-corrected chi connectivity index (χ3v) is 12.8. The van der Waals surface area contributed by atoms with E-state index in [9.17, 15) is 0 Å². The Kier molecular flexibility index (Phi) is 9.95. The molecule has 1 fully saturated rings. The van der Waals surface area contributed by atoms with Crippen LogP contribution in [0, 0.1) is 5.92 Å². The fourth-order valence-electron chi connectivity index (χ4n) is 9.46. The van der Waals surface area contributed by atoms with Crippen LogP contribution in [0.4, 0.5) is 28.4 Å². The molecule has 300 valence electrons. The lowest BCUT2D eigenvalue weighted by atomic mass is 9.96. The molecule has 0 aromatic heterocycles. The normalized spacial score (nSPS) is 16.0. The number of benzene rings is 9. The molecule has 11 rings (SSSR count). The second-order valence-electron chi connectivity index (χ2n) is 16.6. The van der Waals surface area contributed by atoms with Crippen LogP contribution in [0.1, 0.15) is 6.42 Å². The summed E-state index contributed by atoms with van der Waals surface area (Å²) in [6, 6.07) is 85.5. The van der Waals surface area contributed by atoms with E-state index in [1.807, 2.05) is 0 Å². The molecule has 0 radical (unpaired) electrons. The van der Waals surface area contributed by atoms with Crippen molar-refractivity contribution in [3.8, 4) is 55.6 Å². The van der Waals surface area contributed by atoms with Crippen LogP contribution < -0.4 is 9.80 Å². The summed E-state index contributed by atoms with van der Waals surface area (Å²) >= 11 is 0. The number of hydrogen-bond donors (Lipinski definition) is 0. The summed E-state index contributed by atoms with van der Waals surface area (Å²) in [7, 11) is 0. The molecule has 2 heteroatoms. The third-order valence-electron chi connectivity index (χ3n) is 12.8. The second kappa shape index (κ2) is 16.5. The molecule has 2 nitrogen and oxygen atoms in total. The Hall–Kier alpha value is -7.94. The van der Waals surface area contributed by atoms with Crippen LogP contribution in [0.5, 0.6) is 0 Å². The maximum Gasteiger partial charge on any atom is 0.0706 e. The van der Waals surface area contributed by atoms with Crippen LogP contribution in [0.15, 0.2) is 261 Å². The van der Waals surface area contributed by atoms with Crippen LogP contribution in [-0.4, -0.2) is 5.54 Å². The quantitative estimate of drug-likeness (QED) is 0.128. The van der Waals surface area contributed by atoms with Crippen molar-refractivity contribution >= 4 is 28.4 Å². The average molecular weight is 807 g/mol. The lowest BCUT2D eigenvalue weighted by molar-refractivity contribution is 0.752. The predicted molar refractivity (Wildman–Crippen MR) is 266 cm³/mol. The van der Waals surface area contributed by atoms with Gasteiger partial charge in [0.15, 0.2) is 0 Å². The lowest BCUT2D eigenvalue weighted by Gasteiger charge is -2.35. The molecule has 0 spiro atoms. The first-order valence-electron chi connectivity index (χ1n) is 21.9. The number of nitrogens with zero attached hydrogens (tertiary/aromatic N) is 2. The van der Waals surface area contributed by atoms with Crippen molar-refractivity contribution in [2.45, 2.75) is 12.0 Å². The minimum Gasteiger partial charge on any atom is -0.331 e. The van der Waals surface area contributed by atoms with Gasteiger partial charge in [0.25, 0.3) is 0 Å². The van der Waals surface area contributed by atoms with Crippen molar-refractivity contribution in [2.24, 2.45) is 5.92 Å². The molecule has 1 unspecified atom stereocenters. The summed E-state index contributed by atoms with van der Waals surface area (Å²) in [6.07, 6.45) is 10.3. The first-order valence-corrected chi connectivity index (χ1v) is 21.9. The molecule has 2 aliphatic rings. The first-order chi connectivity index (χ1) is 31.2. The lowest BCUT2D eigenvalue weighted by Crippen LogP contribution is -2.34. The van der Waals surface area contributed by atoms with Crippen LogP contribution >= 0.6 is 0 Å². The zero-order valence-corrected chi connectivity index (χ0v) is 35.0. The standard InChI is InChI=1S/C61H46N2/c1-4-16-51(17-5-1)57-23-10-12-25-59(57)62(54-21-8-3-9-22-54)55-39-35-49(36-40-55)47-31-27-45(28-32-47)46-29-33-48(34-30-46)50-37-41-56(42-38-50)63(61-43-15-14-20-53(61)44-61)60-26-13-11-24-58(60)52-18-6-2-7-19-52/h1-43,53H,44H2/t53-,61?/m0/s1. The van der Waals surface area contributed by atoms with E-state index >= 15 is 0 Å². The van der Waals surface area contributed by atoms with Crippen LogP contribution in [-0.2, 0) is 0 Å². The van der Waals surface area contributed by atoms with E-state index in [0.29, 0.717) is 5.92 Å². The van der Waals surface area contributed by atoms with Crippen molar-refractivity contribution in [3.05, 3.63) is 261 Å². The summed E-state index contributed by atoms with van der Waals surface area (Å²) in [4.78, 5) is 4.93. The minimum atomic E-state index is -0.0546. The molecule has 0 amide bonds. The van der Waals surface area contributed by atoms with E-state index in [4.69, 9.17) is 0 Å². The highest BCUT2D eigenvalue weighted by atomic mass is 15.3. The second-order valence-corrected chi connectivity index (χ2v) is 16.6. The predicted octanol–water partition coefficient (Wildman–Crippen LogP) is 16.5. The number of anilines is 5. The van der Waals surface area contributed by atoms with Crippen molar-refractivity contribution in [1.29, 1.82) is 0 Å². The molecule has 0 heterocycles. The highest BCUT2D eigenvalue weighted by Crippen LogP contribution is 2.57. The van der Waals surface area contributed by atoms with Gasteiger partial charge in [-0.2, -0.15) is 0 Å². The maximum atomic E-state index is 2.58. The van der Waals surface area contributed by atoms with Gasteiger partial charge in [-0.15, -0.1) is 0 Å². The zero-order valence-electron chi connectivity index (χ0n) is 35.0. The minimum absolute atomic E-state index is 0.0546. The topological polar surface area (TPSA) is 6.48 Å². The third kappa shape index (κ3) is 7.36. The van der Waals surface area contributed by atoms with Gasteiger partial charge >= 0.3 is 0 Å². The smallest absolute Gasteiger partial charge is 0.0706 e. The van der Waals surface area contributed by atoms with E-state index in [2.05, 4.69) is 271 Å². The highest BCUT2D eigenvalue weighted by Gasteiger charge is 2.56. The summed E-state index contributed by atoms with van der Waals surface area (Å²) in [5.41, 5.74) is 17.8. The Labute approximate surface area is 371 Å². The van der Waals surface area contributed by atoms with Crippen molar-refractivity contribution in [3.63, 3.8) is 0 Å². The van der Waals surface area contributed by atoms with Crippen LogP contribution in [0.3, 0.4) is 0 Å². The van der Waals surface area contributed by atoms with Gasteiger partial charge in [-0.3, -0.25) is 0 Å². The van der Waals surface area contributed by atoms with Crippen LogP contribution in [0.2, 0.25) is 0 Å². The molecule has 9 aromatic carbocycles. The largest absolute Gasteiger partial charge is 0.331 e. The molecule has 0 N–H and O–H groups in total. The van der Waals surface area contributed by atoms with Crippen molar-refractivity contribution in [2.75, 3.05) is 9.80 Å². The van der Waals surface area contributed by atoms with Crippen molar-refractivity contribution in [1.82, 2.24) is 0 Å². The van der Waals surface area contributed by atoms with Gasteiger partial charge in [-0.25, -0.2) is 0 Å². The van der Waals surface area contributed by atoms with Crippen LogP contribution in [0.25, 0.3) is 55.6 Å². The van der Waals surface area contributed by atoms with E-state index in [1.54, 1.807) is 0 Å². The first kappa shape index (κ1) is 38.0. The Morgan fingerprint density at radius 2 is 0.698 bits per heavy atom. The van der Waals surface area contributed by atoms with Crippen molar-refractivity contribution < 1.29 is 0 Å². The molecule has 0 bridgehead atoms. The Balaban J connectivity index is 0.830. The monoisotopic (exact) mass is 806 g/mol. The summed E-state index contributed by atoms with van der Waals surface area (Å²) in [5.74, 6) is 0.498. The number of para-hydroxylation sites is 3. The van der Waals surface area contributed by atoms with E-state index in [1.165, 1.54) is 67.0 Å². The fourth-order valence-corrected chi connectivity index (χ4v) is 9.46. The van der Waals surface area contributed by atoms with Gasteiger partial charge in [-0.1, -0.05) is 212 Å². The molecule has 2 atom stereocenters. The highest BCUT2D eigenvalue weighted by molar-refractivity contribution is 5.89. The molecular weight excluding hydrogens is 761 g/mol. The Bertz CT molecular complexity index is 3040. The van der Waals surface area contributed by atoms with Gasteiger partial charge in [0, 0.05) is 39.8 Å². The van der Waals surface area contributed by atoms with Gasteiger partial charge < -0.3 is 9.80 Å². The summed E-state index contributed by atoms with van der Waals surface area (Å²) in [6.45, 7) is 0. The molecule has 2 aliphatic carbocycles. The molecule has 9 aromatic rings. The molecule has 63 heavy (non-hydrogen) atoms. The van der Waals surface area contributed by atoms with E-state index in [-0.39, 0.29) is 5.54 Å². The molecular formula is C61H46N2. The summed E-state index contributed by atoms with van der Waals surface area (Å²) < 4.78 is 0. The number of fused-ring (bicyclic) bond motifs is 1. The van der Waals surface area contributed by atoms with Gasteiger partial charge in [0.1, 0.15) is 0 Å². The van der Waals surface area contributed by atoms with Gasteiger partial charge in [0.05, 0.1) is 11.2 Å². The number of hydrogen-bond acceptors (Lipinski definition) is 2. The van der Waals surface area contributed by atoms with Gasteiger partial charge in [-0.05, 0) is 99.5 Å². The Morgan fingerprint density at radius 1 is 0.317 bits per heavy atom. The molecule has 0 aliphatic heterocycles. The molecule has 0 saturated heterocycles. The SMILES string of the molecule is C1=C[C@H]2CC2(N(c2ccc(-c3ccc(-c4ccc(-c5ccc(N(c6ccccc6)c6ccccc6-c6ccccc6)cc5)cc4)cc3)cc2)c2ccccc2-c2ccccc2)C=C1. The fraction of sp³-hybridized carbons (Fsp3) is 0.0492.